The topological polar surface area (TPSA) is 0 Å². The number of hydrogen-bond donors (Lipinski definition) is 0. The first-order chi connectivity index (χ1) is 27.1. The average Bonchev–Trinajstić information content (AvgIpc) is 3.50. The van der Waals surface area contributed by atoms with Crippen molar-refractivity contribution in [3.63, 3.8) is 0 Å². The molecule has 1 aliphatic rings. The Morgan fingerprint density at radius 1 is 0.255 bits per heavy atom. The molecule has 10 aromatic rings. The quantitative estimate of drug-likeness (QED) is 0.127. The van der Waals surface area contributed by atoms with Crippen molar-refractivity contribution in [3.8, 4) is 55.6 Å². The molecule has 0 unspecified atom stereocenters. The summed E-state index contributed by atoms with van der Waals surface area (Å²) in [6, 6.07) is 71.9. The van der Waals surface area contributed by atoms with Gasteiger partial charge in [-0.2, -0.15) is 0 Å². The van der Waals surface area contributed by atoms with Gasteiger partial charge in [-0.1, -0.05) is 202 Å². The first kappa shape index (κ1) is 31.7. The summed E-state index contributed by atoms with van der Waals surface area (Å²) >= 11 is 0. The Balaban J connectivity index is 1.08. The first-order valence-electron chi connectivity index (χ1n) is 19.4. The van der Waals surface area contributed by atoms with Crippen molar-refractivity contribution in [2.45, 2.75) is 19.3 Å². The highest BCUT2D eigenvalue weighted by atomic mass is 14.4. The second-order valence-corrected chi connectivity index (χ2v) is 15.6. The van der Waals surface area contributed by atoms with Gasteiger partial charge in [0.05, 0.1) is 0 Å². The van der Waals surface area contributed by atoms with Gasteiger partial charge in [0.15, 0.2) is 0 Å². The van der Waals surface area contributed by atoms with Crippen molar-refractivity contribution < 1.29 is 0 Å². The highest BCUT2D eigenvalue weighted by Crippen LogP contribution is 2.57. The molecule has 0 heteroatoms. The van der Waals surface area contributed by atoms with E-state index in [0.717, 1.165) is 0 Å². The van der Waals surface area contributed by atoms with Crippen molar-refractivity contribution in [2.75, 3.05) is 0 Å². The van der Waals surface area contributed by atoms with Crippen LogP contribution in [0.5, 0.6) is 0 Å². The minimum Gasteiger partial charge on any atom is -0.0622 e. The smallest absolute Gasteiger partial charge is 0.0171 e. The predicted octanol–water partition coefficient (Wildman–Crippen LogP) is 15.3. The molecular formula is C55H38. The summed E-state index contributed by atoms with van der Waals surface area (Å²) < 4.78 is 0. The van der Waals surface area contributed by atoms with Crippen molar-refractivity contribution in [3.05, 3.63) is 205 Å². The largest absolute Gasteiger partial charge is 0.0622 e. The van der Waals surface area contributed by atoms with E-state index in [4.69, 9.17) is 0 Å². The Labute approximate surface area is 322 Å². The van der Waals surface area contributed by atoms with Crippen LogP contribution in [0.4, 0.5) is 0 Å². The molecule has 0 aromatic heterocycles. The second kappa shape index (κ2) is 12.1. The molecule has 0 spiro atoms. The third-order valence-electron chi connectivity index (χ3n) is 12.2. The zero-order valence-electron chi connectivity index (χ0n) is 31.0. The third kappa shape index (κ3) is 4.71. The van der Waals surface area contributed by atoms with E-state index in [1.807, 2.05) is 0 Å². The maximum atomic E-state index is 2.42. The molecule has 55 heavy (non-hydrogen) atoms. The van der Waals surface area contributed by atoms with Crippen molar-refractivity contribution in [2.24, 2.45) is 0 Å². The van der Waals surface area contributed by atoms with Gasteiger partial charge in [-0.25, -0.2) is 0 Å². The van der Waals surface area contributed by atoms with Crippen molar-refractivity contribution in [1.82, 2.24) is 0 Å². The Morgan fingerprint density at radius 3 is 1.29 bits per heavy atom. The Kier molecular flexibility index (Phi) is 7.00. The van der Waals surface area contributed by atoms with Gasteiger partial charge in [0.25, 0.3) is 0 Å². The fraction of sp³-hybridized carbons (Fsp3) is 0.0545. The predicted molar refractivity (Wildman–Crippen MR) is 236 cm³/mol. The lowest BCUT2D eigenvalue weighted by molar-refractivity contribution is 0.668. The van der Waals surface area contributed by atoms with Gasteiger partial charge < -0.3 is 0 Å². The molecule has 0 fully saturated rings. The number of benzene rings is 10. The minimum absolute atomic E-state index is 0.177. The third-order valence-corrected chi connectivity index (χ3v) is 12.2. The zero-order chi connectivity index (χ0) is 36.7. The van der Waals surface area contributed by atoms with E-state index in [-0.39, 0.29) is 5.41 Å². The van der Waals surface area contributed by atoms with Crippen LogP contribution in [-0.4, -0.2) is 0 Å². The van der Waals surface area contributed by atoms with Crippen LogP contribution in [0.3, 0.4) is 0 Å². The second-order valence-electron chi connectivity index (χ2n) is 15.6. The van der Waals surface area contributed by atoms with Crippen molar-refractivity contribution >= 4 is 43.1 Å². The number of hydrogen-bond acceptors (Lipinski definition) is 0. The maximum absolute atomic E-state index is 2.42. The lowest BCUT2D eigenvalue weighted by Crippen LogP contribution is -2.17. The Hall–Kier alpha value is -6.76. The van der Waals surface area contributed by atoms with E-state index >= 15 is 0 Å². The van der Waals surface area contributed by atoms with Crippen LogP contribution in [-0.2, 0) is 5.41 Å². The zero-order valence-corrected chi connectivity index (χ0v) is 31.0. The molecule has 0 N–H and O–H groups in total. The van der Waals surface area contributed by atoms with Crippen LogP contribution in [0.2, 0.25) is 0 Å². The van der Waals surface area contributed by atoms with Crippen LogP contribution in [0.25, 0.3) is 98.7 Å². The van der Waals surface area contributed by atoms with Crippen LogP contribution in [0, 0.1) is 0 Å². The summed E-state index contributed by atoms with van der Waals surface area (Å²) in [6.45, 7) is 4.85. The first-order valence-corrected chi connectivity index (χ1v) is 19.4. The van der Waals surface area contributed by atoms with Gasteiger partial charge in [-0.15, -0.1) is 0 Å². The highest BCUT2D eigenvalue weighted by molar-refractivity contribution is 6.22. The molecule has 0 heterocycles. The van der Waals surface area contributed by atoms with Crippen LogP contribution in [0.15, 0.2) is 194 Å². The molecule has 0 aliphatic heterocycles. The van der Waals surface area contributed by atoms with Gasteiger partial charge in [0, 0.05) is 5.41 Å². The van der Waals surface area contributed by atoms with Gasteiger partial charge >= 0.3 is 0 Å². The van der Waals surface area contributed by atoms with Gasteiger partial charge in [-0.05, 0) is 116 Å². The van der Waals surface area contributed by atoms with Gasteiger partial charge in [0.2, 0.25) is 0 Å². The lowest BCUT2D eigenvalue weighted by Gasteiger charge is -2.26. The summed E-state index contributed by atoms with van der Waals surface area (Å²) in [5.74, 6) is 0. The van der Waals surface area contributed by atoms with Crippen LogP contribution < -0.4 is 0 Å². The lowest BCUT2D eigenvalue weighted by atomic mass is 9.76. The minimum atomic E-state index is -0.177. The van der Waals surface area contributed by atoms with E-state index in [9.17, 15) is 0 Å². The summed E-state index contributed by atoms with van der Waals surface area (Å²) in [6.07, 6.45) is 0. The number of fused-ring (bicyclic) bond motifs is 10. The van der Waals surface area contributed by atoms with E-state index in [2.05, 4.69) is 208 Å². The monoisotopic (exact) mass is 698 g/mol. The fourth-order valence-corrected chi connectivity index (χ4v) is 9.92. The maximum Gasteiger partial charge on any atom is 0.0171 e. The van der Waals surface area contributed by atoms with Gasteiger partial charge in [0.1, 0.15) is 0 Å². The van der Waals surface area contributed by atoms with E-state index in [1.54, 1.807) is 0 Å². The standard InChI is InChI=1S/C55H38/c1-55(2)53-40(28-15-29-49(53)52-43-22-8-6-20-41(43)42-21-7-13-27-48(42)54(52)55)36-30-32-37(33-31-36)50-44-23-9-11-25-46(44)51(47-26-12-10-24-45(47)50)39-19-14-18-38(34-39)35-16-4-3-5-17-35/h3-34H,1-2H3. The SMILES string of the molecule is CC1(C)c2c(-c3ccc(-c4c5ccccc5c(-c5cccc(-c6ccccc6)c5)c5ccccc45)cc3)cccc2-c2c1c1ccccc1c1ccccc21. The molecule has 0 atom stereocenters. The molecule has 0 saturated carbocycles. The average molecular weight is 699 g/mol. The van der Waals surface area contributed by atoms with Gasteiger partial charge in [-0.3, -0.25) is 0 Å². The summed E-state index contributed by atoms with van der Waals surface area (Å²) in [4.78, 5) is 0. The molecule has 11 rings (SSSR count). The summed E-state index contributed by atoms with van der Waals surface area (Å²) in [7, 11) is 0. The van der Waals surface area contributed by atoms with Crippen LogP contribution in [0.1, 0.15) is 25.0 Å². The van der Waals surface area contributed by atoms with Crippen molar-refractivity contribution in [1.29, 1.82) is 0 Å². The molecule has 0 amide bonds. The molecule has 0 bridgehead atoms. The Bertz CT molecular complexity index is 3090. The molecule has 10 aromatic carbocycles. The molecule has 258 valence electrons. The summed E-state index contributed by atoms with van der Waals surface area (Å²) in [5.41, 5.74) is 15.5. The molecule has 0 nitrogen and oxygen atoms in total. The molecule has 1 aliphatic carbocycles. The van der Waals surface area contributed by atoms with E-state index < -0.39 is 0 Å². The molecular weight excluding hydrogens is 661 g/mol. The summed E-state index contributed by atoms with van der Waals surface area (Å²) in [5, 5.41) is 10.4. The van der Waals surface area contributed by atoms with Crippen LogP contribution >= 0.6 is 0 Å². The number of rotatable bonds is 4. The van der Waals surface area contributed by atoms with E-state index in [1.165, 1.54) is 110 Å². The Morgan fingerprint density at radius 2 is 0.673 bits per heavy atom. The highest BCUT2D eigenvalue weighted by Gasteiger charge is 2.40. The molecule has 0 saturated heterocycles. The normalized spacial score (nSPS) is 13.1. The van der Waals surface area contributed by atoms with E-state index in [0.29, 0.717) is 0 Å². The molecule has 0 radical (unpaired) electrons. The fourth-order valence-electron chi connectivity index (χ4n) is 9.92.